The molecule has 1 fully saturated rings. The number of nitrogens with zero attached hydrogens (tertiary/aromatic N) is 1. The number of carbonyl (C=O) groups is 2. The normalized spacial score (nSPS) is 14.5. The summed E-state index contributed by atoms with van der Waals surface area (Å²) in [7, 11) is 0. The van der Waals surface area contributed by atoms with Crippen molar-refractivity contribution in [2.24, 2.45) is 0 Å². The molecule has 0 bridgehead atoms. The van der Waals surface area contributed by atoms with Gasteiger partial charge in [-0.25, -0.2) is 4.39 Å². The lowest BCUT2D eigenvalue weighted by molar-refractivity contribution is -0.123. The van der Waals surface area contributed by atoms with Gasteiger partial charge in [0.25, 0.3) is 11.1 Å². The molecule has 4 aromatic carbocycles. The first kappa shape index (κ1) is 27.2. The second-order valence-corrected chi connectivity index (χ2v) is 10.9. The summed E-state index contributed by atoms with van der Waals surface area (Å²) in [6.45, 7) is 2.58. The standard InChI is InChI=1S/C30H22BrClFNO4S/c1-2-37-26-13-18(12-24(31)28(26)38-17-21-8-5-7-19-6-3-4-9-23(19)21)14-27-29(35)34(30(36)39-27)16-20-10-11-22(33)15-25(20)32/h3-15H,2,16-17H2,1H3/b27-14+. The van der Waals surface area contributed by atoms with Gasteiger partial charge in [-0.2, -0.15) is 0 Å². The van der Waals surface area contributed by atoms with E-state index in [-0.39, 0.29) is 16.5 Å². The monoisotopic (exact) mass is 625 g/mol. The highest BCUT2D eigenvalue weighted by Crippen LogP contribution is 2.40. The minimum absolute atomic E-state index is 0.0457. The molecular weight excluding hydrogens is 605 g/mol. The van der Waals surface area contributed by atoms with Gasteiger partial charge in [-0.05, 0) is 92.4 Å². The van der Waals surface area contributed by atoms with Gasteiger partial charge in [0.05, 0.1) is 22.5 Å². The van der Waals surface area contributed by atoms with Crippen molar-refractivity contribution in [3.05, 3.63) is 110 Å². The lowest BCUT2D eigenvalue weighted by Gasteiger charge is -2.16. The Morgan fingerprint density at radius 3 is 2.59 bits per heavy atom. The largest absolute Gasteiger partial charge is 0.490 e. The van der Waals surface area contributed by atoms with Crippen molar-refractivity contribution in [3.8, 4) is 11.5 Å². The third kappa shape index (κ3) is 5.98. The Labute approximate surface area is 242 Å². The van der Waals surface area contributed by atoms with Gasteiger partial charge in [-0.1, -0.05) is 60.1 Å². The molecule has 5 nitrogen and oxygen atoms in total. The molecule has 0 N–H and O–H groups in total. The molecule has 5 rings (SSSR count). The lowest BCUT2D eigenvalue weighted by Crippen LogP contribution is -2.27. The molecule has 0 radical (unpaired) electrons. The molecule has 0 aromatic heterocycles. The van der Waals surface area contributed by atoms with Crippen LogP contribution in [0.15, 0.2) is 82.2 Å². The molecule has 198 valence electrons. The van der Waals surface area contributed by atoms with Crippen LogP contribution in [0.5, 0.6) is 11.5 Å². The van der Waals surface area contributed by atoms with Gasteiger partial charge in [0, 0.05) is 5.02 Å². The maximum Gasteiger partial charge on any atom is 0.293 e. The first-order chi connectivity index (χ1) is 18.8. The summed E-state index contributed by atoms with van der Waals surface area (Å²) in [6, 6.07) is 21.7. The van der Waals surface area contributed by atoms with Gasteiger partial charge < -0.3 is 9.47 Å². The van der Waals surface area contributed by atoms with Crippen molar-refractivity contribution < 1.29 is 23.5 Å². The molecule has 1 aliphatic heterocycles. The van der Waals surface area contributed by atoms with Crippen LogP contribution in [-0.2, 0) is 17.9 Å². The summed E-state index contributed by atoms with van der Waals surface area (Å²) in [5.41, 5.74) is 2.19. The number of amides is 2. The van der Waals surface area contributed by atoms with E-state index in [2.05, 4.69) is 34.1 Å². The summed E-state index contributed by atoms with van der Waals surface area (Å²) in [6.07, 6.45) is 1.64. The number of hydrogen-bond acceptors (Lipinski definition) is 5. The summed E-state index contributed by atoms with van der Waals surface area (Å²) in [5, 5.41) is 1.98. The number of rotatable bonds is 8. The molecular formula is C30H22BrClFNO4S. The summed E-state index contributed by atoms with van der Waals surface area (Å²) < 4.78 is 26.1. The Morgan fingerprint density at radius 1 is 1.00 bits per heavy atom. The molecule has 2 amide bonds. The Kier molecular flexibility index (Phi) is 8.26. The van der Waals surface area contributed by atoms with Gasteiger partial charge in [0.2, 0.25) is 0 Å². The fraction of sp³-hybridized carbons (Fsp3) is 0.133. The van der Waals surface area contributed by atoms with Crippen LogP contribution in [0.4, 0.5) is 9.18 Å². The van der Waals surface area contributed by atoms with Crippen molar-refractivity contribution >= 4 is 67.3 Å². The predicted molar refractivity (Wildman–Crippen MR) is 157 cm³/mol. The van der Waals surface area contributed by atoms with E-state index in [9.17, 15) is 14.0 Å². The van der Waals surface area contributed by atoms with Crippen LogP contribution in [0.25, 0.3) is 16.8 Å². The molecule has 0 saturated carbocycles. The van der Waals surface area contributed by atoms with Crippen LogP contribution >= 0.6 is 39.3 Å². The number of thioether (sulfide) groups is 1. The van der Waals surface area contributed by atoms with Crippen molar-refractivity contribution in [1.82, 2.24) is 4.90 Å². The zero-order valence-electron chi connectivity index (χ0n) is 20.7. The van der Waals surface area contributed by atoms with Gasteiger partial charge >= 0.3 is 0 Å². The molecule has 39 heavy (non-hydrogen) atoms. The zero-order valence-corrected chi connectivity index (χ0v) is 23.9. The van der Waals surface area contributed by atoms with E-state index in [0.29, 0.717) is 40.3 Å². The third-order valence-electron chi connectivity index (χ3n) is 6.10. The third-order valence-corrected chi connectivity index (χ3v) is 7.95. The quantitative estimate of drug-likeness (QED) is 0.183. The number of imide groups is 1. The van der Waals surface area contributed by atoms with E-state index in [0.717, 1.165) is 39.1 Å². The molecule has 1 heterocycles. The van der Waals surface area contributed by atoms with Gasteiger partial charge in [-0.3, -0.25) is 14.5 Å². The molecule has 0 spiro atoms. The molecule has 4 aromatic rings. The number of carbonyl (C=O) groups excluding carboxylic acids is 2. The van der Waals surface area contributed by atoms with Crippen LogP contribution in [0.2, 0.25) is 5.02 Å². The fourth-order valence-corrected chi connectivity index (χ4v) is 5.89. The van der Waals surface area contributed by atoms with Gasteiger partial charge in [0.15, 0.2) is 11.5 Å². The van der Waals surface area contributed by atoms with E-state index >= 15 is 0 Å². The maximum atomic E-state index is 13.4. The van der Waals surface area contributed by atoms with Crippen LogP contribution in [0, 0.1) is 5.82 Å². The average molecular weight is 627 g/mol. The number of hydrogen-bond donors (Lipinski definition) is 0. The highest BCUT2D eigenvalue weighted by Gasteiger charge is 2.35. The Bertz CT molecular complexity index is 1620. The van der Waals surface area contributed by atoms with E-state index < -0.39 is 17.0 Å². The predicted octanol–water partition coefficient (Wildman–Crippen LogP) is 8.61. The topological polar surface area (TPSA) is 55.8 Å². The van der Waals surface area contributed by atoms with E-state index in [4.69, 9.17) is 21.1 Å². The van der Waals surface area contributed by atoms with Crippen molar-refractivity contribution in [2.75, 3.05) is 6.61 Å². The molecule has 0 aliphatic carbocycles. The molecule has 1 aliphatic rings. The molecule has 0 atom stereocenters. The maximum absolute atomic E-state index is 13.4. The fourth-order valence-electron chi connectivity index (χ4n) is 4.25. The van der Waals surface area contributed by atoms with E-state index in [1.54, 1.807) is 12.1 Å². The van der Waals surface area contributed by atoms with Gasteiger partial charge in [0.1, 0.15) is 12.4 Å². The van der Waals surface area contributed by atoms with Gasteiger partial charge in [-0.15, -0.1) is 0 Å². The van der Waals surface area contributed by atoms with Crippen LogP contribution in [-0.4, -0.2) is 22.7 Å². The smallest absolute Gasteiger partial charge is 0.293 e. The highest BCUT2D eigenvalue weighted by atomic mass is 79.9. The lowest BCUT2D eigenvalue weighted by atomic mass is 10.1. The minimum Gasteiger partial charge on any atom is -0.490 e. The van der Waals surface area contributed by atoms with Crippen LogP contribution in [0.1, 0.15) is 23.6 Å². The van der Waals surface area contributed by atoms with Crippen molar-refractivity contribution in [1.29, 1.82) is 0 Å². The number of fused-ring (bicyclic) bond motifs is 1. The average Bonchev–Trinajstić information content (AvgIpc) is 3.17. The Hall–Kier alpha value is -3.33. The SMILES string of the molecule is CCOc1cc(/C=C2/SC(=O)N(Cc3ccc(F)cc3Cl)C2=O)cc(Br)c1OCc1cccc2ccccc12. The molecule has 0 unspecified atom stereocenters. The Morgan fingerprint density at radius 2 is 1.79 bits per heavy atom. The second-order valence-electron chi connectivity index (χ2n) is 8.69. The van der Waals surface area contributed by atoms with E-state index in [1.807, 2.05) is 37.3 Å². The van der Waals surface area contributed by atoms with Crippen LogP contribution < -0.4 is 9.47 Å². The minimum atomic E-state index is -0.488. The molecule has 9 heteroatoms. The van der Waals surface area contributed by atoms with E-state index in [1.165, 1.54) is 12.1 Å². The first-order valence-corrected chi connectivity index (χ1v) is 14.1. The number of benzene rings is 4. The Balaban J connectivity index is 1.38. The summed E-state index contributed by atoms with van der Waals surface area (Å²) >= 11 is 10.5. The first-order valence-electron chi connectivity index (χ1n) is 12.1. The summed E-state index contributed by atoms with van der Waals surface area (Å²) in [4.78, 5) is 27.0. The number of ether oxygens (including phenoxy) is 2. The molecule has 1 saturated heterocycles. The zero-order chi connectivity index (χ0) is 27.5. The highest BCUT2D eigenvalue weighted by molar-refractivity contribution is 9.10. The van der Waals surface area contributed by atoms with Crippen LogP contribution in [0.3, 0.4) is 0 Å². The number of halogens is 3. The second kappa shape index (κ2) is 11.8. The van der Waals surface area contributed by atoms with Crippen molar-refractivity contribution in [2.45, 2.75) is 20.1 Å². The summed E-state index contributed by atoms with van der Waals surface area (Å²) in [5.74, 6) is 0.116. The van der Waals surface area contributed by atoms with Crippen molar-refractivity contribution in [3.63, 3.8) is 0 Å².